The minimum atomic E-state index is -0.736. The van der Waals surface area contributed by atoms with Crippen molar-refractivity contribution in [2.45, 2.75) is 25.2 Å². The summed E-state index contributed by atoms with van der Waals surface area (Å²) in [6.07, 6.45) is 4.28. The third kappa shape index (κ3) is 4.20. The van der Waals surface area contributed by atoms with E-state index < -0.39 is 23.8 Å². The van der Waals surface area contributed by atoms with E-state index in [4.69, 9.17) is 4.74 Å². The van der Waals surface area contributed by atoms with Gasteiger partial charge >= 0.3 is 0 Å². The maximum atomic E-state index is 13.2. The smallest absolute Gasteiger partial charge is 0.129 e. The van der Waals surface area contributed by atoms with Gasteiger partial charge in [-0.3, -0.25) is 4.90 Å². The third-order valence-corrected chi connectivity index (χ3v) is 3.75. The number of β-amino-alcohol motifs (C(OH)–C–C–N with tert-alkyl or cyclic N) is 1. The van der Waals surface area contributed by atoms with Gasteiger partial charge in [-0.2, -0.15) is 0 Å². The summed E-state index contributed by atoms with van der Waals surface area (Å²) in [7, 11) is 0. The van der Waals surface area contributed by atoms with Crippen molar-refractivity contribution < 1.29 is 18.6 Å². The van der Waals surface area contributed by atoms with Crippen LogP contribution in [0.3, 0.4) is 0 Å². The number of halogens is 2. The van der Waals surface area contributed by atoms with Crippen molar-refractivity contribution >= 4 is 0 Å². The molecule has 1 aliphatic rings. The average molecular weight is 321 g/mol. The minimum absolute atomic E-state index is 0.0939. The molecule has 0 bridgehead atoms. The van der Waals surface area contributed by atoms with Crippen molar-refractivity contribution in [2.75, 3.05) is 13.1 Å². The van der Waals surface area contributed by atoms with Crippen LogP contribution in [0.5, 0.6) is 5.75 Å². The fourth-order valence-corrected chi connectivity index (χ4v) is 2.70. The van der Waals surface area contributed by atoms with Crippen LogP contribution in [0.2, 0.25) is 0 Å². The number of rotatable bonds is 4. The predicted octanol–water partition coefficient (Wildman–Crippen LogP) is 1.77. The number of aliphatic hydroxyl groups is 1. The Morgan fingerprint density at radius 1 is 1.17 bits per heavy atom. The zero-order valence-electron chi connectivity index (χ0n) is 12.4. The van der Waals surface area contributed by atoms with Gasteiger partial charge in [0.15, 0.2) is 0 Å². The molecule has 0 unspecified atom stereocenters. The Labute approximate surface area is 132 Å². The van der Waals surface area contributed by atoms with Crippen molar-refractivity contribution in [2.24, 2.45) is 0 Å². The van der Waals surface area contributed by atoms with Gasteiger partial charge in [0.05, 0.1) is 0 Å². The molecule has 7 heteroatoms. The minimum Gasteiger partial charge on any atom is -0.487 e. The molecule has 0 saturated carbocycles. The van der Waals surface area contributed by atoms with Crippen LogP contribution in [-0.4, -0.2) is 45.3 Å². The molecule has 1 fully saturated rings. The monoisotopic (exact) mass is 321 g/mol. The van der Waals surface area contributed by atoms with Gasteiger partial charge in [-0.25, -0.2) is 18.7 Å². The summed E-state index contributed by atoms with van der Waals surface area (Å²) in [5.41, 5.74) is 0.964. The van der Waals surface area contributed by atoms with Crippen molar-refractivity contribution in [3.8, 4) is 5.75 Å². The first-order chi connectivity index (χ1) is 11.1. The van der Waals surface area contributed by atoms with Gasteiger partial charge < -0.3 is 9.84 Å². The van der Waals surface area contributed by atoms with E-state index in [0.717, 1.165) is 23.8 Å². The first-order valence-corrected chi connectivity index (χ1v) is 7.37. The Hall–Kier alpha value is -2.12. The lowest BCUT2D eigenvalue weighted by atomic mass is 10.0. The van der Waals surface area contributed by atoms with Crippen LogP contribution in [0.15, 0.2) is 36.9 Å². The van der Waals surface area contributed by atoms with E-state index in [1.165, 1.54) is 6.33 Å². The second kappa shape index (κ2) is 6.97. The maximum Gasteiger partial charge on any atom is 0.129 e. The Balaban J connectivity index is 1.58. The number of likely N-dealkylation sites (tertiary alicyclic amines) is 1. The molecule has 2 heterocycles. The Morgan fingerprint density at radius 2 is 1.87 bits per heavy atom. The summed E-state index contributed by atoms with van der Waals surface area (Å²) in [6, 6.07) is 3.01. The summed E-state index contributed by atoms with van der Waals surface area (Å²) < 4.78 is 31.9. The maximum absolute atomic E-state index is 13.2. The van der Waals surface area contributed by atoms with E-state index in [9.17, 15) is 13.9 Å². The highest BCUT2D eigenvalue weighted by molar-refractivity contribution is 5.24. The Kier molecular flexibility index (Phi) is 4.78. The van der Waals surface area contributed by atoms with E-state index in [0.29, 0.717) is 26.1 Å². The highest BCUT2D eigenvalue weighted by atomic mass is 19.1. The molecule has 0 amide bonds. The molecule has 1 N–H and O–H groups in total. The molecule has 2 atom stereocenters. The molecule has 0 aliphatic carbocycles. The van der Waals surface area contributed by atoms with E-state index in [1.807, 2.05) is 0 Å². The number of aliphatic hydroxyl groups excluding tert-OH is 1. The number of aromatic nitrogens is 2. The van der Waals surface area contributed by atoms with Gasteiger partial charge in [-0.05, 0) is 6.42 Å². The molecular weight excluding hydrogens is 304 g/mol. The van der Waals surface area contributed by atoms with E-state index in [2.05, 4.69) is 14.9 Å². The number of benzene rings is 1. The number of hydrogen-bond acceptors (Lipinski definition) is 5. The molecule has 0 spiro atoms. The van der Waals surface area contributed by atoms with Crippen molar-refractivity contribution in [1.82, 2.24) is 14.9 Å². The van der Waals surface area contributed by atoms with Crippen molar-refractivity contribution in [1.29, 1.82) is 0 Å². The van der Waals surface area contributed by atoms with E-state index >= 15 is 0 Å². The van der Waals surface area contributed by atoms with Crippen molar-refractivity contribution in [3.05, 3.63) is 54.1 Å². The third-order valence-electron chi connectivity index (χ3n) is 3.75. The predicted molar refractivity (Wildman–Crippen MR) is 78.7 cm³/mol. The fourth-order valence-electron chi connectivity index (χ4n) is 2.70. The molecule has 1 aromatic carbocycles. The van der Waals surface area contributed by atoms with Crippen LogP contribution in [0.1, 0.15) is 12.0 Å². The fraction of sp³-hybridized carbons (Fsp3) is 0.375. The van der Waals surface area contributed by atoms with Gasteiger partial charge in [-0.15, -0.1) is 0 Å². The highest BCUT2D eigenvalue weighted by Crippen LogP contribution is 2.22. The zero-order valence-corrected chi connectivity index (χ0v) is 12.4. The summed E-state index contributed by atoms with van der Waals surface area (Å²) in [5, 5.41) is 10.2. The molecule has 3 rings (SSSR count). The second-order valence-electron chi connectivity index (χ2n) is 5.60. The van der Waals surface area contributed by atoms with Gasteiger partial charge in [0.1, 0.15) is 35.9 Å². The van der Waals surface area contributed by atoms with Crippen LogP contribution < -0.4 is 4.74 Å². The molecular formula is C16H17F2N3O2. The number of ether oxygens (including phenoxy) is 1. The quantitative estimate of drug-likeness (QED) is 0.930. The number of hydrogen-bond donors (Lipinski definition) is 1. The standard InChI is InChI=1S/C16H17F2N3O2/c17-12-3-13(18)5-14(4-12)23-16-1-2-21(9-15(16)22)8-11-6-19-10-20-7-11/h3-7,10,15-16,22H,1-2,8-9H2/t15-,16-/m1/s1. The van der Waals surface area contributed by atoms with Crippen LogP contribution >= 0.6 is 0 Å². The highest BCUT2D eigenvalue weighted by Gasteiger charge is 2.29. The lowest BCUT2D eigenvalue weighted by Crippen LogP contribution is -2.48. The van der Waals surface area contributed by atoms with Crippen LogP contribution in [0.4, 0.5) is 8.78 Å². The molecule has 2 aromatic rings. The molecule has 1 saturated heterocycles. The second-order valence-corrected chi connectivity index (χ2v) is 5.60. The topological polar surface area (TPSA) is 58.5 Å². The largest absolute Gasteiger partial charge is 0.487 e. The summed E-state index contributed by atoms with van der Waals surface area (Å²) >= 11 is 0. The van der Waals surface area contributed by atoms with Crippen molar-refractivity contribution in [3.63, 3.8) is 0 Å². The summed E-state index contributed by atoms with van der Waals surface area (Å²) in [6.45, 7) is 1.75. The van der Waals surface area contributed by atoms with Crippen LogP contribution in [0, 0.1) is 11.6 Å². The summed E-state index contributed by atoms with van der Waals surface area (Å²) in [4.78, 5) is 9.99. The Morgan fingerprint density at radius 3 is 2.52 bits per heavy atom. The molecule has 0 radical (unpaired) electrons. The molecule has 1 aliphatic heterocycles. The van der Waals surface area contributed by atoms with Gasteiger partial charge in [0.25, 0.3) is 0 Å². The Bertz CT molecular complexity index is 637. The zero-order chi connectivity index (χ0) is 16.2. The lowest BCUT2D eigenvalue weighted by Gasteiger charge is -2.35. The molecule has 1 aromatic heterocycles. The normalized spacial score (nSPS) is 22.0. The molecule has 122 valence electrons. The van der Waals surface area contributed by atoms with Gasteiger partial charge in [0, 0.05) is 55.8 Å². The lowest BCUT2D eigenvalue weighted by molar-refractivity contribution is -0.0277. The van der Waals surface area contributed by atoms with Crippen LogP contribution in [0.25, 0.3) is 0 Å². The van der Waals surface area contributed by atoms with Gasteiger partial charge in [0.2, 0.25) is 0 Å². The van der Waals surface area contributed by atoms with Gasteiger partial charge in [-0.1, -0.05) is 0 Å². The van der Waals surface area contributed by atoms with Crippen LogP contribution in [-0.2, 0) is 6.54 Å². The SMILES string of the molecule is O[C@@H]1CN(Cc2cncnc2)CC[C@H]1Oc1cc(F)cc(F)c1. The average Bonchev–Trinajstić information content (AvgIpc) is 2.50. The number of nitrogens with zero attached hydrogens (tertiary/aromatic N) is 3. The van der Waals surface area contributed by atoms with E-state index in [1.54, 1.807) is 12.4 Å². The molecule has 5 nitrogen and oxygen atoms in total. The number of piperidine rings is 1. The first kappa shape index (κ1) is 15.8. The summed E-state index contributed by atoms with van der Waals surface area (Å²) in [5.74, 6) is -1.30. The molecule has 23 heavy (non-hydrogen) atoms. The first-order valence-electron chi connectivity index (χ1n) is 7.37. The van der Waals surface area contributed by atoms with E-state index in [-0.39, 0.29) is 5.75 Å².